The minimum atomic E-state index is 0.467. The van der Waals surface area contributed by atoms with Gasteiger partial charge in [0.2, 0.25) is 5.95 Å². The Morgan fingerprint density at radius 2 is 1.96 bits per heavy atom. The van der Waals surface area contributed by atoms with Gasteiger partial charge >= 0.3 is 0 Å². The van der Waals surface area contributed by atoms with Crippen molar-refractivity contribution in [3.63, 3.8) is 0 Å². The Balaban J connectivity index is 1.41. The van der Waals surface area contributed by atoms with Crippen LogP contribution in [0.1, 0.15) is 73.3 Å². The fourth-order valence-corrected chi connectivity index (χ4v) is 5.45. The third-order valence-corrected chi connectivity index (χ3v) is 7.01. The molecule has 2 bridgehead atoms. The molecule has 6 nitrogen and oxygen atoms in total. The first kappa shape index (κ1) is 18.1. The van der Waals surface area contributed by atoms with Crippen molar-refractivity contribution in [2.75, 3.05) is 18.0 Å². The summed E-state index contributed by atoms with van der Waals surface area (Å²) in [6, 6.07) is 1.07. The molecule has 2 saturated heterocycles. The Labute approximate surface area is 168 Å². The SMILES string of the molecule is CCCn1nc(C)c(CN2C3CCC2c2cnc(N4CCCC4)nc2C3)c1C. The lowest BCUT2D eigenvalue weighted by molar-refractivity contribution is 0.165. The van der Waals surface area contributed by atoms with Crippen LogP contribution in [0.2, 0.25) is 0 Å². The van der Waals surface area contributed by atoms with Crippen molar-refractivity contribution >= 4 is 5.95 Å². The monoisotopic (exact) mass is 380 g/mol. The number of rotatable bonds is 5. The fraction of sp³-hybridized carbons (Fsp3) is 0.682. The molecule has 2 atom stereocenters. The molecule has 0 aliphatic carbocycles. The highest BCUT2D eigenvalue weighted by Crippen LogP contribution is 2.44. The van der Waals surface area contributed by atoms with Gasteiger partial charge in [0.05, 0.1) is 11.4 Å². The van der Waals surface area contributed by atoms with Crippen molar-refractivity contribution in [1.29, 1.82) is 0 Å². The zero-order valence-electron chi connectivity index (χ0n) is 17.5. The van der Waals surface area contributed by atoms with Gasteiger partial charge in [0.15, 0.2) is 0 Å². The van der Waals surface area contributed by atoms with Crippen LogP contribution in [-0.4, -0.2) is 43.8 Å². The average Bonchev–Trinajstić information content (AvgIpc) is 3.38. The number of hydrogen-bond donors (Lipinski definition) is 0. The van der Waals surface area contributed by atoms with Gasteiger partial charge in [-0.05, 0) is 46.0 Å². The first-order valence-corrected chi connectivity index (χ1v) is 11.0. The van der Waals surface area contributed by atoms with Crippen LogP contribution in [0.4, 0.5) is 5.95 Å². The van der Waals surface area contributed by atoms with Crippen molar-refractivity contribution in [3.8, 4) is 0 Å². The second-order valence-corrected chi connectivity index (χ2v) is 8.76. The van der Waals surface area contributed by atoms with Crippen LogP contribution in [0.5, 0.6) is 0 Å². The summed E-state index contributed by atoms with van der Waals surface area (Å²) in [5.41, 5.74) is 6.62. The van der Waals surface area contributed by atoms with E-state index in [1.807, 2.05) is 0 Å². The Morgan fingerprint density at radius 3 is 2.75 bits per heavy atom. The van der Waals surface area contributed by atoms with Gasteiger partial charge in [-0.1, -0.05) is 6.92 Å². The Morgan fingerprint density at radius 1 is 1.14 bits per heavy atom. The third-order valence-electron chi connectivity index (χ3n) is 7.01. The Kier molecular flexibility index (Phi) is 4.62. The summed E-state index contributed by atoms with van der Waals surface area (Å²) < 4.78 is 2.19. The van der Waals surface area contributed by atoms with Crippen LogP contribution >= 0.6 is 0 Å². The second kappa shape index (κ2) is 7.14. The van der Waals surface area contributed by atoms with Crippen molar-refractivity contribution < 1.29 is 0 Å². The number of aromatic nitrogens is 4. The topological polar surface area (TPSA) is 50.1 Å². The molecule has 150 valence electrons. The lowest BCUT2D eigenvalue weighted by atomic mass is 9.98. The first-order chi connectivity index (χ1) is 13.7. The van der Waals surface area contributed by atoms with E-state index in [-0.39, 0.29) is 0 Å². The molecule has 2 unspecified atom stereocenters. The second-order valence-electron chi connectivity index (χ2n) is 8.76. The predicted molar refractivity (Wildman–Crippen MR) is 110 cm³/mol. The molecule has 5 heterocycles. The molecule has 0 amide bonds. The van der Waals surface area contributed by atoms with E-state index in [1.54, 1.807) is 0 Å². The van der Waals surface area contributed by atoms with Gasteiger partial charge in [0.1, 0.15) is 0 Å². The molecular weight excluding hydrogens is 348 g/mol. The summed E-state index contributed by atoms with van der Waals surface area (Å²) in [4.78, 5) is 14.8. The highest BCUT2D eigenvalue weighted by atomic mass is 15.3. The highest BCUT2D eigenvalue weighted by Gasteiger charge is 2.41. The fourth-order valence-electron chi connectivity index (χ4n) is 5.45. The van der Waals surface area contributed by atoms with E-state index in [2.05, 4.69) is 41.4 Å². The van der Waals surface area contributed by atoms with Gasteiger partial charge < -0.3 is 4.90 Å². The number of anilines is 1. The predicted octanol–water partition coefficient (Wildman–Crippen LogP) is 3.56. The maximum atomic E-state index is 5.01. The molecule has 0 saturated carbocycles. The summed E-state index contributed by atoms with van der Waals surface area (Å²) in [6.45, 7) is 10.8. The molecule has 2 aromatic rings. The van der Waals surface area contributed by atoms with E-state index in [0.717, 1.165) is 45.0 Å². The molecule has 0 radical (unpaired) electrons. The molecule has 5 rings (SSSR count). The molecule has 6 heteroatoms. The lowest BCUT2D eigenvalue weighted by Crippen LogP contribution is -2.38. The van der Waals surface area contributed by atoms with Crippen LogP contribution in [-0.2, 0) is 19.5 Å². The van der Waals surface area contributed by atoms with Crippen LogP contribution in [0.15, 0.2) is 6.20 Å². The van der Waals surface area contributed by atoms with Crippen LogP contribution in [0, 0.1) is 13.8 Å². The van der Waals surface area contributed by atoms with Crippen molar-refractivity contribution in [2.45, 2.75) is 84.5 Å². The zero-order valence-corrected chi connectivity index (χ0v) is 17.5. The van der Waals surface area contributed by atoms with E-state index >= 15 is 0 Å². The molecular formula is C22H32N6. The van der Waals surface area contributed by atoms with E-state index in [1.165, 1.54) is 53.9 Å². The molecule has 2 fully saturated rings. The Bertz CT molecular complexity index is 866. The van der Waals surface area contributed by atoms with Gasteiger partial charge in [-0.25, -0.2) is 9.97 Å². The lowest BCUT2D eigenvalue weighted by Gasteiger charge is -2.36. The largest absolute Gasteiger partial charge is 0.341 e. The summed E-state index contributed by atoms with van der Waals surface area (Å²) in [6.07, 6.45) is 9.35. The van der Waals surface area contributed by atoms with Crippen LogP contribution in [0.3, 0.4) is 0 Å². The molecule has 3 aliphatic rings. The van der Waals surface area contributed by atoms with E-state index in [4.69, 9.17) is 15.1 Å². The van der Waals surface area contributed by atoms with E-state index in [9.17, 15) is 0 Å². The van der Waals surface area contributed by atoms with Crippen molar-refractivity contribution in [3.05, 3.63) is 34.4 Å². The smallest absolute Gasteiger partial charge is 0.225 e. The number of aryl methyl sites for hydroxylation is 2. The minimum Gasteiger partial charge on any atom is -0.341 e. The standard InChI is InChI=1S/C22H32N6/c1-4-9-28-16(3)19(15(2)25-28)14-27-17-7-8-21(27)18-13-23-22(24-20(18)12-17)26-10-5-6-11-26/h13,17,21H,4-12,14H2,1-3H3. The molecule has 0 spiro atoms. The van der Waals surface area contributed by atoms with Crippen molar-refractivity contribution in [2.24, 2.45) is 0 Å². The maximum Gasteiger partial charge on any atom is 0.225 e. The molecule has 2 aromatic heterocycles. The quantitative estimate of drug-likeness (QED) is 0.794. The molecule has 0 aromatic carbocycles. The highest BCUT2D eigenvalue weighted by molar-refractivity contribution is 5.38. The number of hydrogen-bond acceptors (Lipinski definition) is 5. The number of nitrogens with zero attached hydrogens (tertiary/aromatic N) is 6. The zero-order chi connectivity index (χ0) is 19.3. The van der Waals surface area contributed by atoms with Gasteiger partial charge in [0, 0.05) is 67.7 Å². The third kappa shape index (κ3) is 2.93. The van der Waals surface area contributed by atoms with Gasteiger partial charge in [-0.3, -0.25) is 9.58 Å². The van der Waals surface area contributed by atoms with E-state index in [0.29, 0.717) is 12.1 Å². The Hall–Kier alpha value is -1.95. The summed E-state index contributed by atoms with van der Waals surface area (Å²) in [5.74, 6) is 0.955. The van der Waals surface area contributed by atoms with Gasteiger partial charge in [-0.2, -0.15) is 5.10 Å². The van der Waals surface area contributed by atoms with Gasteiger partial charge in [0.25, 0.3) is 0 Å². The molecule has 3 aliphatic heterocycles. The van der Waals surface area contributed by atoms with Crippen LogP contribution < -0.4 is 4.90 Å². The number of fused-ring (bicyclic) bond motifs is 4. The van der Waals surface area contributed by atoms with Gasteiger partial charge in [-0.15, -0.1) is 0 Å². The average molecular weight is 381 g/mol. The first-order valence-electron chi connectivity index (χ1n) is 11.0. The molecule has 28 heavy (non-hydrogen) atoms. The van der Waals surface area contributed by atoms with Crippen molar-refractivity contribution in [1.82, 2.24) is 24.6 Å². The minimum absolute atomic E-state index is 0.467. The van der Waals surface area contributed by atoms with Crippen LogP contribution in [0.25, 0.3) is 0 Å². The summed E-state index contributed by atoms with van der Waals surface area (Å²) in [7, 11) is 0. The van der Waals surface area contributed by atoms with E-state index < -0.39 is 0 Å². The normalized spacial score (nSPS) is 24.2. The summed E-state index contributed by atoms with van der Waals surface area (Å²) >= 11 is 0. The maximum absolute atomic E-state index is 5.01. The summed E-state index contributed by atoms with van der Waals surface area (Å²) in [5, 5.41) is 4.80. The molecule has 0 N–H and O–H groups in total.